The molecule has 0 fully saturated rings. The molecule has 0 saturated heterocycles. The van der Waals surface area contributed by atoms with Crippen LogP contribution in [0.5, 0.6) is 0 Å². The highest BCUT2D eigenvalue weighted by Crippen LogP contribution is 2.17. The average Bonchev–Trinajstić information content (AvgIpc) is 2.28. The van der Waals surface area contributed by atoms with Gasteiger partial charge in [-0.15, -0.1) is 0 Å². The van der Waals surface area contributed by atoms with Crippen LogP contribution in [0.15, 0.2) is 18.2 Å². The van der Waals surface area contributed by atoms with E-state index in [4.69, 9.17) is 9.47 Å². The van der Waals surface area contributed by atoms with Crippen molar-refractivity contribution in [1.29, 1.82) is 0 Å². The summed E-state index contributed by atoms with van der Waals surface area (Å²) in [5.74, 6) is 1.90. The third kappa shape index (κ3) is 5.89. The Kier molecular flexibility index (Phi) is 7.40. The summed E-state index contributed by atoms with van der Waals surface area (Å²) >= 11 is 1.86. The quantitative estimate of drug-likeness (QED) is 0.665. The average molecular weight is 268 g/mol. The predicted molar refractivity (Wildman–Crippen MR) is 79.1 cm³/mol. The van der Waals surface area contributed by atoms with E-state index < -0.39 is 0 Å². The zero-order chi connectivity index (χ0) is 13.4. The zero-order valence-corrected chi connectivity index (χ0v) is 12.7. The van der Waals surface area contributed by atoms with Gasteiger partial charge in [-0.3, -0.25) is 0 Å². The molecule has 0 spiro atoms. The van der Waals surface area contributed by atoms with Crippen LogP contribution in [0, 0.1) is 13.8 Å². The molecular formula is C15H24O2S. The largest absolute Gasteiger partial charge is 0.352 e. The van der Waals surface area contributed by atoms with Crippen molar-refractivity contribution in [2.75, 3.05) is 19.0 Å². The van der Waals surface area contributed by atoms with E-state index in [9.17, 15) is 0 Å². The second-order valence-electron chi connectivity index (χ2n) is 4.35. The third-order valence-corrected chi connectivity index (χ3v) is 3.55. The van der Waals surface area contributed by atoms with Crippen molar-refractivity contribution >= 4 is 11.8 Å². The maximum Gasteiger partial charge on any atom is 0.166 e. The SMILES string of the molecule is CCOC(CSCc1cc(C)cc(C)c1)OCC. The number of hydrogen-bond donors (Lipinski definition) is 0. The van der Waals surface area contributed by atoms with Crippen LogP contribution in [-0.4, -0.2) is 25.3 Å². The standard InChI is InChI=1S/C15H24O2S/c1-5-16-15(17-6-2)11-18-10-14-8-12(3)7-13(4)9-14/h7-9,15H,5-6,10-11H2,1-4H3. The minimum atomic E-state index is -0.0732. The van der Waals surface area contributed by atoms with Crippen molar-refractivity contribution in [3.8, 4) is 0 Å². The highest BCUT2D eigenvalue weighted by molar-refractivity contribution is 7.98. The fourth-order valence-corrected chi connectivity index (χ4v) is 2.85. The molecule has 2 nitrogen and oxygen atoms in total. The van der Waals surface area contributed by atoms with E-state index in [-0.39, 0.29) is 6.29 Å². The van der Waals surface area contributed by atoms with Gasteiger partial charge in [0.1, 0.15) is 0 Å². The summed E-state index contributed by atoms with van der Waals surface area (Å²) in [6.07, 6.45) is -0.0732. The number of rotatable bonds is 8. The molecule has 18 heavy (non-hydrogen) atoms. The topological polar surface area (TPSA) is 18.5 Å². The maximum absolute atomic E-state index is 5.52. The molecule has 0 aliphatic heterocycles. The van der Waals surface area contributed by atoms with Crippen molar-refractivity contribution in [1.82, 2.24) is 0 Å². The molecule has 1 rings (SSSR count). The molecule has 0 amide bonds. The lowest BCUT2D eigenvalue weighted by atomic mass is 10.1. The van der Waals surface area contributed by atoms with Crippen LogP contribution in [-0.2, 0) is 15.2 Å². The lowest BCUT2D eigenvalue weighted by Crippen LogP contribution is -2.20. The van der Waals surface area contributed by atoms with Gasteiger partial charge in [-0.1, -0.05) is 29.3 Å². The Morgan fingerprint density at radius 2 is 1.56 bits per heavy atom. The normalized spacial score (nSPS) is 11.2. The summed E-state index contributed by atoms with van der Waals surface area (Å²) in [5, 5.41) is 0. The fraction of sp³-hybridized carbons (Fsp3) is 0.600. The molecular weight excluding hydrogens is 244 g/mol. The zero-order valence-electron chi connectivity index (χ0n) is 11.9. The number of hydrogen-bond acceptors (Lipinski definition) is 3. The van der Waals surface area contributed by atoms with E-state index >= 15 is 0 Å². The minimum Gasteiger partial charge on any atom is -0.352 e. The van der Waals surface area contributed by atoms with Crippen LogP contribution in [0.25, 0.3) is 0 Å². The van der Waals surface area contributed by atoms with Gasteiger partial charge in [0.25, 0.3) is 0 Å². The fourth-order valence-electron chi connectivity index (χ4n) is 1.94. The Labute approximate surface area is 115 Å². The molecule has 0 radical (unpaired) electrons. The second kappa shape index (κ2) is 8.57. The number of benzene rings is 1. The molecule has 0 aromatic heterocycles. The molecule has 0 atom stereocenters. The first-order valence-corrected chi connectivity index (χ1v) is 7.69. The van der Waals surface area contributed by atoms with Crippen LogP contribution >= 0.6 is 11.8 Å². The highest BCUT2D eigenvalue weighted by Gasteiger charge is 2.07. The first kappa shape index (κ1) is 15.5. The van der Waals surface area contributed by atoms with E-state index in [1.54, 1.807) is 0 Å². The highest BCUT2D eigenvalue weighted by atomic mass is 32.2. The van der Waals surface area contributed by atoms with Crippen molar-refractivity contribution in [2.45, 2.75) is 39.7 Å². The van der Waals surface area contributed by atoms with Gasteiger partial charge in [0.15, 0.2) is 6.29 Å². The van der Waals surface area contributed by atoms with Gasteiger partial charge in [0, 0.05) is 24.7 Å². The lowest BCUT2D eigenvalue weighted by Gasteiger charge is -2.16. The van der Waals surface area contributed by atoms with Crippen LogP contribution in [0.3, 0.4) is 0 Å². The number of ether oxygens (including phenoxy) is 2. The molecule has 0 heterocycles. The molecule has 0 N–H and O–H groups in total. The molecule has 3 heteroatoms. The monoisotopic (exact) mass is 268 g/mol. The summed E-state index contributed by atoms with van der Waals surface area (Å²) in [5.41, 5.74) is 4.04. The molecule has 1 aromatic rings. The molecule has 102 valence electrons. The number of aryl methyl sites for hydroxylation is 2. The Bertz CT molecular complexity index is 326. The summed E-state index contributed by atoms with van der Waals surface area (Å²) in [7, 11) is 0. The van der Waals surface area contributed by atoms with Crippen LogP contribution in [0.4, 0.5) is 0 Å². The van der Waals surface area contributed by atoms with Crippen LogP contribution < -0.4 is 0 Å². The lowest BCUT2D eigenvalue weighted by molar-refractivity contribution is -0.120. The van der Waals surface area contributed by atoms with Crippen LogP contribution in [0.2, 0.25) is 0 Å². The van der Waals surface area contributed by atoms with Crippen molar-refractivity contribution in [2.24, 2.45) is 0 Å². The van der Waals surface area contributed by atoms with Crippen molar-refractivity contribution < 1.29 is 9.47 Å². The Morgan fingerprint density at radius 3 is 2.06 bits per heavy atom. The van der Waals surface area contributed by atoms with Crippen LogP contribution in [0.1, 0.15) is 30.5 Å². The Hall–Kier alpha value is -0.510. The van der Waals surface area contributed by atoms with Gasteiger partial charge in [0.05, 0.1) is 0 Å². The summed E-state index contributed by atoms with van der Waals surface area (Å²) in [6, 6.07) is 6.70. The van der Waals surface area contributed by atoms with Crippen molar-refractivity contribution in [3.05, 3.63) is 34.9 Å². The van der Waals surface area contributed by atoms with Gasteiger partial charge in [-0.2, -0.15) is 11.8 Å². The molecule has 0 aliphatic carbocycles. The molecule has 0 aliphatic rings. The predicted octanol–water partition coefficient (Wildman–Crippen LogP) is 3.94. The Balaban J connectivity index is 2.39. The molecule has 1 aromatic carbocycles. The van der Waals surface area contributed by atoms with E-state index in [0.717, 1.165) is 11.5 Å². The summed E-state index contributed by atoms with van der Waals surface area (Å²) in [6.45, 7) is 9.69. The third-order valence-electron chi connectivity index (χ3n) is 2.51. The van der Waals surface area contributed by atoms with Gasteiger partial charge in [-0.25, -0.2) is 0 Å². The van der Waals surface area contributed by atoms with Gasteiger partial charge in [0.2, 0.25) is 0 Å². The van der Waals surface area contributed by atoms with E-state index in [1.165, 1.54) is 16.7 Å². The summed E-state index contributed by atoms with van der Waals surface area (Å²) in [4.78, 5) is 0. The van der Waals surface area contributed by atoms with E-state index in [1.807, 2.05) is 25.6 Å². The van der Waals surface area contributed by atoms with Gasteiger partial charge < -0.3 is 9.47 Å². The van der Waals surface area contributed by atoms with Crippen molar-refractivity contribution in [3.63, 3.8) is 0 Å². The first-order valence-electron chi connectivity index (χ1n) is 6.53. The first-order chi connectivity index (χ1) is 8.65. The summed E-state index contributed by atoms with van der Waals surface area (Å²) < 4.78 is 11.0. The molecule has 0 bridgehead atoms. The Morgan fingerprint density at radius 1 is 1.00 bits per heavy atom. The van der Waals surface area contributed by atoms with Gasteiger partial charge >= 0.3 is 0 Å². The van der Waals surface area contributed by atoms with E-state index in [0.29, 0.717) is 13.2 Å². The smallest absolute Gasteiger partial charge is 0.166 e. The van der Waals surface area contributed by atoms with Gasteiger partial charge in [-0.05, 0) is 33.3 Å². The maximum atomic E-state index is 5.52. The van der Waals surface area contributed by atoms with E-state index in [2.05, 4.69) is 32.0 Å². The second-order valence-corrected chi connectivity index (χ2v) is 5.38. The molecule has 0 saturated carbocycles. The minimum absolute atomic E-state index is 0.0732. The molecule has 0 unspecified atom stereocenters. The number of thioether (sulfide) groups is 1.